The first kappa shape index (κ1) is 17.5. The van der Waals surface area contributed by atoms with Gasteiger partial charge in [0.05, 0.1) is 24.0 Å². The van der Waals surface area contributed by atoms with Gasteiger partial charge in [-0.3, -0.25) is 0 Å². The molecule has 7 heteroatoms. The minimum absolute atomic E-state index is 0.129. The van der Waals surface area contributed by atoms with Gasteiger partial charge < -0.3 is 14.4 Å². The molecule has 2 aromatic rings. The van der Waals surface area contributed by atoms with Crippen LogP contribution in [0.15, 0.2) is 30.6 Å². The van der Waals surface area contributed by atoms with E-state index < -0.39 is 0 Å². The number of rotatable bonds is 4. The third kappa shape index (κ3) is 3.85. The number of nitrogens with zero attached hydrogens (tertiary/aromatic N) is 3. The zero-order valence-corrected chi connectivity index (χ0v) is 16.5. The highest BCUT2D eigenvalue weighted by Crippen LogP contribution is 2.35. The van der Waals surface area contributed by atoms with Gasteiger partial charge in [0.1, 0.15) is 0 Å². The second-order valence-electron chi connectivity index (χ2n) is 5.81. The summed E-state index contributed by atoms with van der Waals surface area (Å²) in [6.07, 6.45) is 5.48. The van der Waals surface area contributed by atoms with Crippen molar-refractivity contribution in [1.29, 1.82) is 0 Å². The number of hydrogen-bond acceptors (Lipinski definition) is 5. The number of methoxy groups -OCH3 is 1. The Kier molecular flexibility index (Phi) is 5.65. The molecule has 0 spiro atoms. The van der Waals surface area contributed by atoms with Crippen LogP contribution in [0.5, 0.6) is 11.8 Å². The lowest BCUT2D eigenvalue weighted by Crippen LogP contribution is -2.48. The van der Waals surface area contributed by atoms with E-state index in [1.165, 1.54) is 0 Å². The van der Waals surface area contributed by atoms with Gasteiger partial charge in [-0.05, 0) is 41.5 Å². The Hall–Kier alpha value is -1.28. The van der Waals surface area contributed by atoms with Gasteiger partial charge in [0, 0.05) is 34.4 Å². The Bertz CT molecular complexity index is 699. The average Bonchev–Trinajstić information content (AvgIpc) is 2.59. The summed E-state index contributed by atoms with van der Waals surface area (Å²) < 4.78 is 12.5. The van der Waals surface area contributed by atoms with Gasteiger partial charge in [-0.25, -0.2) is 9.97 Å². The SMILES string of the molecule is COc1cc(N2CCCC(C)C2Oc2ccc(I)cn2)c(Cl)cn1. The molecule has 1 aliphatic rings. The van der Waals surface area contributed by atoms with Gasteiger partial charge in [0.25, 0.3) is 0 Å². The van der Waals surface area contributed by atoms with Gasteiger partial charge in [-0.15, -0.1) is 0 Å². The second-order valence-corrected chi connectivity index (χ2v) is 7.47. The number of piperidine rings is 1. The largest absolute Gasteiger partial charge is 0.481 e. The molecule has 128 valence electrons. The Morgan fingerprint density at radius 2 is 2.04 bits per heavy atom. The quantitative estimate of drug-likeness (QED) is 0.635. The molecular weight excluding hydrogens is 441 g/mol. The molecule has 3 heterocycles. The van der Waals surface area contributed by atoms with E-state index in [1.54, 1.807) is 19.5 Å². The third-order valence-corrected chi connectivity index (χ3v) is 5.05. The minimum Gasteiger partial charge on any atom is -0.481 e. The summed E-state index contributed by atoms with van der Waals surface area (Å²) in [4.78, 5) is 10.7. The van der Waals surface area contributed by atoms with Crippen LogP contribution in [-0.4, -0.2) is 29.9 Å². The van der Waals surface area contributed by atoms with E-state index in [0.29, 0.717) is 22.7 Å². The Morgan fingerprint density at radius 1 is 1.25 bits per heavy atom. The van der Waals surface area contributed by atoms with E-state index >= 15 is 0 Å². The highest BCUT2D eigenvalue weighted by molar-refractivity contribution is 14.1. The highest BCUT2D eigenvalue weighted by Gasteiger charge is 2.32. The maximum Gasteiger partial charge on any atom is 0.215 e. The van der Waals surface area contributed by atoms with Crippen LogP contribution < -0.4 is 14.4 Å². The van der Waals surface area contributed by atoms with Crippen molar-refractivity contribution in [3.05, 3.63) is 39.2 Å². The average molecular weight is 460 g/mol. The lowest BCUT2D eigenvalue weighted by molar-refractivity contribution is 0.107. The first-order valence-electron chi connectivity index (χ1n) is 7.83. The van der Waals surface area contributed by atoms with Crippen molar-refractivity contribution in [1.82, 2.24) is 9.97 Å². The van der Waals surface area contributed by atoms with Crippen LogP contribution in [-0.2, 0) is 0 Å². The lowest BCUT2D eigenvalue weighted by Gasteiger charge is -2.41. The summed E-state index contributed by atoms with van der Waals surface area (Å²) >= 11 is 8.62. The van der Waals surface area contributed by atoms with E-state index in [1.807, 2.05) is 18.2 Å². The van der Waals surface area contributed by atoms with Gasteiger partial charge >= 0.3 is 0 Å². The molecule has 0 N–H and O–H groups in total. The maximum absolute atomic E-state index is 6.39. The molecule has 1 aliphatic heterocycles. The minimum atomic E-state index is -0.129. The highest BCUT2D eigenvalue weighted by atomic mass is 127. The van der Waals surface area contributed by atoms with Crippen molar-refractivity contribution in [3.63, 3.8) is 0 Å². The van der Waals surface area contributed by atoms with Crippen LogP contribution >= 0.6 is 34.2 Å². The van der Waals surface area contributed by atoms with Gasteiger partial charge in [-0.1, -0.05) is 18.5 Å². The lowest BCUT2D eigenvalue weighted by atomic mass is 9.97. The Balaban J connectivity index is 1.90. The molecule has 24 heavy (non-hydrogen) atoms. The van der Waals surface area contributed by atoms with Crippen LogP contribution in [0.2, 0.25) is 5.02 Å². The smallest absolute Gasteiger partial charge is 0.215 e. The van der Waals surface area contributed by atoms with E-state index in [-0.39, 0.29) is 6.23 Å². The molecule has 0 aromatic carbocycles. The van der Waals surface area contributed by atoms with Crippen molar-refractivity contribution in [2.45, 2.75) is 26.0 Å². The zero-order chi connectivity index (χ0) is 17.1. The molecule has 1 saturated heterocycles. The molecule has 2 aromatic heterocycles. The monoisotopic (exact) mass is 459 g/mol. The van der Waals surface area contributed by atoms with Gasteiger partial charge in [-0.2, -0.15) is 0 Å². The molecule has 5 nitrogen and oxygen atoms in total. The van der Waals surface area contributed by atoms with Gasteiger partial charge in [0.15, 0.2) is 6.23 Å². The number of anilines is 1. The predicted octanol–water partition coefficient (Wildman–Crippen LogP) is 4.38. The van der Waals surface area contributed by atoms with Crippen molar-refractivity contribution < 1.29 is 9.47 Å². The summed E-state index contributed by atoms with van der Waals surface area (Å²) in [5.74, 6) is 1.52. The number of ether oxygens (including phenoxy) is 2. The third-order valence-electron chi connectivity index (χ3n) is 4.12. The van der Waals surface area contributed by atoms with E-state index in [0.717, 1.165) is 28.6 Å². The molecule has 1 fully saturated rings. The number of halogens is 2. The summed E-state index contributed by atoms with van der Waals surface area (Å²) in [6.45, 7) is 3.06. The summed E-state index contributed by atoms with van der Waals surface area (Å²) in [5, 5.41) is 0.592. The molecule has 0 radical (unpaired) electrons. The van der Waals surface area contributed by atoms with Crippen LogP contribution in [0.3, 0.4) is 0 Å². The first-order chi connectivity index (χ1) is 11.6. The molecule has 0 aliphatic carbocycles. The van der Waals surface area contributed by atoms with E-state index in [4.69, 9.17) is 21.1 Å². The zero-order valence-electron chi connectivity index (χ0n) is 13.6. The van der Waals surface area contributed by atoms with Crippen molar-refractivity contribution in [2.75, 3.05) is 18.6 Å². The number of pyridine rings is 2. The topological polar surface area (TPSA) is 47.5 Å². The Morgan fingerprint density at radius 3 is 2.75 bits per heavy atom. The van der Waals surface area contributed by atoms with Crippen molar-refractivity contribution in [3.8, 4) is 11.8 Å². The Labute approximate surface area is 160 Å². The van der Waals surface area contributed by atoms with Gasteiger partial charge in [0.2, 0.25) is 11.8 Å². The second kappa shape index (κ2) is 7.74. The van der Waals surface area contributed by atoms with E-state index in [2.05, 4.69) is 44.4 Å². The van der Waals surface area contributed by atoms with E-state index in [9.17, 15) is 0 Å². The first-order valence-corrected chi connectivity index (χ1v) is 9.28. The molecule has 0 amide bonds. The molecule has 2 unspecified atom stereocenters. The number of hydrogen-bond donors (Lipinski definition) is 0. The maximum atomic E-state index is 6.39. The van der Waals surface area contributed by atoms with Crippen LogP contribution in [0.1, 0.15) is 19.8 Å². The van der Waals surface area contributed by atoms with Crippen molar-refractivity contribution >= 4 is 39.9 Å². The van der Waals surface area contributed by atoms with Crippen LogP contribution in [0, 0.1) is 9.49 Å². The molecule has 0 saturated carbocycles. The fourth-order valence-electron chi connectivity index (χ4n) is 2.89. The molecule has 2 atom stereocenters. The summed E-state index contributed by atoms with van der Waals surface area (Å²) in [5.41, 5.74) is 0.880. The fourth-order valence-corrected chi connectivity index (χ4v) is 3.43. The van der Waals surface area contributed by atoms with Crippen LogP contribution in [0.4, 0.5) is 5.69 Å². The fraction of sp³-hybridized carbons (Fsp3) is 0.412. The standard InChI is InChI=1S/C17H19ClIN3O2/c1-11-4-3-7-22(14-8-16(23-2)21-10-13(14)18)17(11)24-15-6-5-12(19)9-20-15/h5-6,8-11,17H,3-4,7H2,1-2H3. The molecule has 3 rings (SSSR count). The summed E-state index contributed by atoms with van der Waals surface area (Å²) in [7, 11) is 1.60. The van der Waals surface area contributed by atoms with Crippen molar-refractivity contribution in [2.24, 2.45) is 5.92 Å². The molecule has 0 bridgehead atoms. The number of aromatic nitrogens is 2. The summed E-state index contributed by atoms with van der Waals surface area (Å²) in [6, 6.07) is 5.75. The normalized spacial score (nSPS) is 20.8. The molecular formula is C17H19ClIN3O2. The predicted molar refractivity (Wildman–Crippen MR) is 103 cm³/mol. The van der Waals surface area contributed by atoms with Crippen LogP contribution in [0.25, 0.3) is 0 Å².